The van der Waals surface area contributed by atoms with Crippen LogP contribution in [-0.2, 0) is 21.2 Å². The zero-order chi connectivity index (χ0) is 19.6. The van der Waals surface area contributed by atoms with Crippen molar-refractivity contribution in [2.75, 3.05) is 23.3 Å². The van der Waals surface area contributed by atoms with Crippen LogP contribution in [0, 0.1) is 6.92 Å². The second kappa shape index (κ2) is 7.60. The third-order valence-corrected chi connectivity index (χ3v) is 6.27. The summed E-state index contributed by atoms with van der Waals surface area (Å²) in [6, 6.07) is 10.2. The molecular weight excluding hydrogens is 364 g/mol. The maximum atomic E-state index is 12.8. The highest BCUT2D eigenvalue weighted by molar-refractivity contribution is 7.92. The largest absolute Gasteiger partial charge is 0.497 e. The summed E-state index contributed by atoms with van der Waals surface area (Å²) < 4.78 is 33.4. The topological polar surface area (TPSA) is 75.7 Å². The van der Waals surface area contributed by atoms with E-state index in [1.54, 1.807) is 36.1 Å². The normalized spacial score (nSPS) is 13.8. The molecule has 1 aliphatic rings. The van der Waals surface area contributed by atoms with E-state index in [-0.39, 0.29) is 10.8 Å². The van der Waals surface area contributed by atoms with E-state index in [4.69, 9.17) is 4.74 Å². The van der Waals surface area contributed by atoms with Gasteiger partial charge in [-0.15, -0.1) is 0 Å². The first-order valence-corrected chi connectivity index (χ1v) is 10.4. The van der Waals surface area contributed by atoms with Gasteiger partial charge in [0.05, 0.1) is 17.7 Å². The number of fused-ring (bicyclic) bond motifs is 1. The minimum Gasteiger partial charge on any atom is -0.497 e. The minimum atomic E-state index is -3.75. The number of hydrogen-bond acceptors (Lipinski definition) is 4. The lowest BCUT2D eigenvalue weighted by Crippen LogP contribution is -2.35. The van der Waals surface area contributed by atoms with Crippen LogP contribution >= 0.6 is 0 Å². The monoisotopic (exact) mass is 388 g/mol. The Morgan fingerprint density at radius 3 is 2.67 bits per heavy atom. The molecule has 144 valence electrons. The van der Waals surface area contributed by atoms with E-state index >= 15 is 0 Å². The van der Waals surface area contributed by atoms with Crippen LogP contribution in [0.4, 0.5) is 11.4 Å². The third-order valence-electron chi connectivity index (χ3n) is 4.73. The van der Waals surface area contributed by atoms with Gasteiger partial charge in [0, 0.05) is 18.7 Å². The Hall–Kier alpha value is -2.54. The number of sulfonamides is 1. The van der Waals surface area contributed by atoms with E-state index in [0.717, 1.165) is 24.1 Å². The Morgan fingerprint density at radius 2 is 2.00 bits per heavy atom. The lowest BCUT2D eigenvalue weighted by molar-refractivity contribution is -0.118. The summed E-state index contributed by atoms with van der Waals surface area (Å²) in [4.78, 5) is 14.2. The van der Waals surface area contributed by atoms with Crippen molar-refractivity contribution in [2.45, 2.75) is 38.0 Å². The molecular formula is C20H24N2O4S. The Bertz CT molecular complexity index is 970. The SMILES string of the molecule is CCC(=O)N1CCCc2ccc(NS(=O)(=O)c3ccc(OC)cc3C)cc21. The van der Waals surface area contributed by atoms with E-state index in [9.17, 15) is 13.2 Å². The Kier molecular flexibility index (Phi) is 5.41. The molecule has 3 rings (SSSR count). The number of rotatable bonds is 5. The first kappa shape index (κ1) is 19.2. The number of methoxy groups -OCH3 is 1. The summed E-state index contributed by atoms with van der Waals surface area (Å²) in [5.41, 5.74) is 2.90. The number of nitrogens with zero attached hydrogens (tertiary/aromatic N) is 1. The minimum absolute atomic E-state index is 0.0435. The molecule has 6 nitrogen and oxygen atoms in total. The van der Waals surface area contributed by atoms with Crippen LogP contribution in [0.1, 0.15) is 30.9 Å². The Morgan fingerprint density at radius 1 is 1.22 bits per heavy atom. The first-order valence-electron chi connectivity index (χ1n) is 8.96. The van der Waals surface area contributed by atoms with Crippen molar-refractivity contribution < 1.29 is 17.9 Å². The molecule has 0 aromatic heterocycles. The fourth-order valence-corrected chi connectivity index (χ4v) is 4.63. The first-order chi connectivity index (χ1) is 12.9. The van der Waals surface area contributed by atoms with Crippen LogP contribution in [0.15, 0.2) is 41.3 Å². The predicted molar refractivity (Wildman–Crippen MR) is 106 cm³/mol. The fraction of sp³-hybridized carbons (Fsp3) is 0.350. The number of carbonyl (C=O) groups is 1. The van der Waals surface area contributed by atoms with Gasteiger partial charge in [0.15, 0.2) is 0 Å². The maximum absolute atomic E-state index is 12.8. The Balaban J connectivity index is 1.93. The van der Waals surface area contributed by atoms with Gasteiger partial charge in [0.1, 0.15) is 5.75 Å². The second-order valence-corrected chi connectivity index (χ2v) is 8.23. The zero-order valence-electron chi connectivity index (χ0n) is 15.8. The van der Waals surface area contributed by atoms with Crippen molar-refractivity contribution in [2.24, 2.45) is 0 Å². The van der Waals surface area contributed by atoms with Crippen molar-refractivity contribution in [3.05, 3.63) is 47.5 Å². The molecule has 1 N–H and O–H groups in total. The molecule has 0 saturated heterocycles. The molecule has 7 heteroatoms. The van der Waals surface area contributed by atoms with Crippen molar-refractivity contribution in [1.29, 1.82) is 0 Å². The quantitative estimate of drug-likeness (QED) is 0.851. The number of amides is 1. The average molecular weight is 388 g/mol. The van der Waals surface area contributed by atoms with E-state index in [1.807, 2.05) is 13.0 Å². The summed E-state index contributed by atoms with van der Waals surface area (Å²) in [5.74, 6) is 0.649. The highest BCUT2D eigenvalue weighted by Gasteiger charge is 2.23. The van der Waals surface area contributed by atoms with Gasteiger partial charge >= 0.3 is 0 Å². The zero-order valence-corrected chi connectivity index (χ0v) is 16.6. The number of benzene rings is 2. The molecule has 2 aromatic rings. The van der Waals surface area contributed by atoms with E-state index in [0.29, 0.717) is 30.0 Å². The molecule has 0 unspecified atom stereocenters. The predicted octanol–water partition coefficient (Wildman–Crippen LogP) is 3.49. The summed E-state index contributed by atoms with van der Waals surface area (Å²) >= 11 is 0. The van der Waals surface area contributed by atoms with Crippen LogP contribution in [0.2, 0.25) is 0 Å². The molecule has 0 aliphatic carbocycles. The number of nitrogens with one attached hydrogen (secondary N) is 1. The van der Waals surface area contributed by atoms with Gasteiger partial charge in [0.2, 0.25) is 5.91 Å². The van der Waals surface area contributed by atoms with Crippen LogP contribution < -0.4 is 14.4 Å². The van der Waals surface area contributed by atoms with Gasteiger partial charge in [-0.05, 0) is 61.2 Å². The third kappa shape index (κ3) is 3.93. The lowest BCUT2D eigenvalue weighted by atomic mass is 10.0. The van der Waals surface area contributed by atoms with Gasteiger partial charge in [-0.1, -0.05) is 13.0 Å². The van der Waals surface area contributed by atoms with Gasteiger partial charge < -0.3 is 9.64 Å². The molecule has 0 fully saturated rings. The fourth-order valence-electron chi connectivity index (χ4n) is 3.35. The van der Waals surface area contributed by atoms with Gasteiger partial charge in [0.25, 0.3) is 10.0 Å². The molecule has 2 aromatic carbocycles. The van der Waals surface area contributed by atoms with Crippen LogP contribution in [-0.4, -0.2) is 28.0 Å². The van der Waals surface area contributed by atoms with Gasteiger partial charge in [-0.25, -0.2) is 8.42 Å². The number of carbonyl (C=O) groups excluding carboxylic acids is 1. The molecule has 0 radical (unpaired) electrons. The van der Waals surface area contributed by atoms with Gasteiger partial charge in [-0.3, -0.25) is 9.52 Å². The van der Waals surface area contributed by atoms with Crippen LogP contribution in [0.5, 0.6) is 5.75 Å². The van der Waals surface area contributed by atoms with Crippen molar-refractivity contribution in [3.63, 3.8) is 0 Å². The summed E-state index contributed by atoms with van der Waals surface area (Å²) in [6.45, 7) is 4.22. The van der Waals surface area contributed by atoms with Crippen molar-refractivity contribution in [1.82, 2.24) is 0 Å². The maximum Gasteiger partial charge on any atom is 0.262 e. The second-order valence-electron chi connectivity index (χ2n) is 6.58. The molecule has 0 saturated carbocycles. The lowest BCUT2D eigenvalue weighted by Gasteiger charge is -2.30. The summed E-state index contributed by atoms with van der Waals surface area (Å²) in [5, 5.41) is 0. The van der Waals surface area contributed by atoms with E-state index in [1.165, 1.54) is 13.2 Å². The van der Waals surface area contributed by atoms with E-state index < -0.39 is 10.0 Å². The van der Waals surface area contributed by atoms with Crippen LogP contribution in [0.25, 0.3) is 0 Å². The smallest absolute Gasteiger partial charge is 0.262 e. The number of aryl methyl sites for hydroxylation is 2. The molecule has 0 atom stereocenters. The van der Waals surface area contributed by atoms with Crippen molar-refractivity contribution in [3.8, 4) is 5.75 Å². The number of anilines is 2. The summed E-state index contributed by atoms with van der Waals surface area (Å²) in [6.07, 6.45) is 2.21. The molecule has 1 aliphatic heterocycles. The number of hydrogen-bond donors (Lipinski definition) is 1. The molecule has 27 heavy (non-hydrogen) atoms. The molecule has 1 heterocycles. The highest BCUT2D eigenvalue weighted by atomic mass is 32.2. The van der Waals surface area contributed by atoms with Crippen LogP contribution in [0.3, 0.4) is 0 Å². The van der Waals surface area contributed by atoms with Gasteiger partial charge in [-0.2, -0.15) is 0 Å². The van der Waals surface area contributed by atoms with Crippen molar-refractivity contribution >= 4 is 27.3 Å². The highest BCUT2D eigenvalue weighted by Crippen LogP contribution is 2.32. The van der Waals surface area contributed by atoms with E-state index in [2.05, 4.69) is 4.72 Å². The summed E-state index contributed by atoms with van der Waals surface area (Å²) in [7, 11) is -2.21. The molecule has 1 amide bonds. The average Bonchev–Trinajstić information content (AvgIpc) is 2.66. The number of ether oxygens (including phenoxy) is 1. The standard InChI is InChI=1S/C20H24N2O4S/c1-4-20(23)22-11-5-6-15-7-8-16(13-18(15)22)21-27(24,25)19-10-9-17(26-3)12-14(19)2/h7-10,12-13,21H,4-6,11H2,1-3H3. The molecule has 0 bridgehead atoms. The Labute approximate surface area is 160 Å². The molecule has 0 spiro atoms.